The summed E-state index contributed by atoms with van der Waals surface area (Å²) >= 11 is 0. The largest absolute Gasteiger partial charge is 0.352 e. The molecule has 0 radical (unpaired) electrons. The van der Waals surface area contributed by atoms with Crippen LogP contribution < -0.4 is 10.6 Å². The Bertz CT molecular complexity index is 1070. The van der Waals surface area contributed by atoms with Gasteiger partial charge in [0.2, 0.25) is 11.9 Å². The maximum absolute atomic E-state index is 12.4. The number of hydrogen-bond donors (Lipinski definition) is 2. The molecule has 8 heteroatoms. The fourth-order valence-electron chi connectivity index (χ4n) is 2.75. The van der Waals surface area contributed by atoms with Gasteiger partial charge in [-0.05, 0) is 38.5 Å². The number of nitrogens with one attached hydrogen (secondary N) is 2. The first-order valence-electron chi connectivity index (χ1n) is 9.55. The van der Waals surface area contributed by atoms with Crippen molar-refractivity contribution in [3.05, 3.63) is 54.6 Å². The summed E-state index contributed by atoms with van der Waals surface area (Å²) in [6.07, 6.45) is 0.568. The summed E-state index contributed by atoms with van der Waals surface area (Å²) < 4.78 is 24.7. The Hall–Kier alpha value is -3.00. The third kappa shape index (κ3) is 5.51. The highest BCUT2D eigenvalue weighted by Gasteiger charge is 2.14. The molecule has 3 aromatic rings. The van der Waals surface area contributed by atoms with Gasteiger partial charge in [-0.3, -0.25) is 0 Å². The van der Waals surface area contributed by atoms with E-state index in [0.717, 1.165) is 5.56 Å². The second-order valence-electron chi connectivity index (χ2n) is 6.94. The molecule has 0 aliphatic heterocycles. The maximum atomic E-state index is 12.4. The summed E-state index contributed by atoms with van der Waals surface area (Å²) in [5.41, 5.74) is 1.46. The molecule has 0 aliphatic rings. The summed E-state index contributed by atoms with van der Waals surface area (Å²) in [4.78, 5) is 13.7. The molecule has 152 valence electrons. The Labute approximate surface area is 171 Å². The number of sulfone groups is 1. The first kappa shape index (κ1) is 20.7. The monoisotopic (exact) mass is 411 g/mol. The molecule has 0 amide bonds. The summed E-state index contributed by atoms with van der Waals surface area (Å²) in [5, 5.41) is 6.31. The molecule has 1 heterocycles. The van der Waals surface area contributed by atoms with E-state index >= 15 is 0 Å². The van der Waals surface area contributed by atoms with Gasteiger partial charge in [0.15, 0.2) is 15.7 Å². The van der Waals surface area contributed by atoms with Crippen molar-refractivity contribution >= 4 is 27.4 Å². The van der Waals surface area contributed by atoms with Gasteiger partial charge in [-0.15, -0.1) is 0 Å². The van der Waals surface area contributed by atoms with E-state index in [4.69, 9.17) is 0 Å². The molecule has 0 unspecified atom stereocenters. The van der Waals surface area contributed by atoms with Crippen molar-refractivity contribution in [2.75, 3.05) is 16.4 Å². The average Bonchev–Trinajstić information content (AvgIpc) is 2.68. The summed E-state index contributed by atoms with van der Waals surface area (Å²) in [6, 6.07) is 16.5. The molecule has 0 bridgehead atoms. The number of rotatable bonds is 8. The van der Waals surface area contributed by atoms with Gasteiger partial charge in [0, 0.05) is 17.3 Å². The van der Waals surface area contributed by atoms with Crippen molar-refractivity contribution < 1.29 is 8.42 Å². The third-order valence-electron chi connectivity index (χ3n) is 4.01. The van der Waals surface area contributed by atoms with Crippen molar-refractivity contribution in [2.24, 2.45) is 0 Å². The number of benzene rings is 2. The van der Waals surface area contributed by atoms with Gasteiger partial charge in [-0.2, -0.15) is 15.0 Å². The Morgan fingerprint density at radius 3 is 2.34 bits per heavy atom. The van der Waals surface area contributed by atoms with Crippen molar-refractivity contribution in [3.63, 3.8) is 0 Å². The van der Waals surface area contributed by atoms with E-state index in [1.165, 1.54) is 0 Å². The highest BCUT2D eigenvalue weighted by molar-refractivity contribution is 7.91. The predicted molar refractivity (Wildman–Crippen MR) is 116 cm³/mol. The van der Waals surface area contributed by atoms with Crippen molar-refractivity contribution in [2.45, 2.75) is 38.1 Å². The molecule has 3 rings (SSSR count). The van der Waals surface area contributed by atoms with Crippen LogP contribution in [-0.2, 0) is 9.84 Å². The van der Waals surface area contributed by atoms with E-state index in [9.17, 15) is 8.42 Å². The Balaban J connectivity index is 1.96. The predicted octanol–water partition coefficient (Wildman–Crippen LogP) is 4.29. The SMILES string of the molecule is CCCS(=O)(=O)c1cccc(Nc2nc(NC(C)C)nc(-c3ccccc3)n2)c1. The van der Waals surface area contributed by atoms with E-state index in [1.807, 2.05) is 51.1 Å². The van der Waals surface area contributed by atoms with Gasteiger partial charge in [-0.25, -0.2) is 8.42 Å². The minimum atomic E-state index is -3.31. The summed E-state index contributed by atoms with van der Waals surface area (Å²) in [5.74, 6) is 1.43. The summed E-state index contributed by atoms with van der Waals surface area (Å²) in [7, 11) is -3.31. The number of aromatic nitrogens is 3. The lowest BCUT2D eigenvalue weighted by Crippen LogP contribution is -2.14. The van der Waals surface area contributed by atoms with Crippen LogP contribution in [0.1, 0.15) is 27.2 Å². The first-order valence-corrected chi connectivity index (χ1v) is 11.2. The fraction of sp³-hybridized carbons (Fsp3) is 0.286. The standard InChI is InChI=1S/C21H25N5O2S/c1-4-13-29(27,28)18-12-8-11-17(14-18)23-21-25-19(16-9-6-5-7-10-16)24-20(26-21)22-15(2)3/h5-12,14-15H,4,13H2,1-3H3,(H2,22,23,24,25,26). The molecule has 1 aromatic heterocycles. The van der Waals surface area contributed by atoms with E-state index in [1.54, 1.807) is 24.3 Å². The van der Waals surface area contributed by atoms with E-state index < -0.39 is 9.84 Å². The van der Waals surface area contributed by atoms with E-state index in [0.29, 0.717) is 29.8 Å². The Morgan fingerprint density at radius 1 is 0.931 bits per heavy atom. The molecule has 0 saturated carbocycles. The first-order chi connectivity index (χ1) is 13.9. The molecule has 0 fully saturated rings. The lowest BCUT2D eigenvalue weighted by atomic mass is 10.2. The molecule has 0 aliphatic carbocycles. The van der Waals surface area contributed by atoms with Crippen molar-refractivity contribution in [1.82, 2.24) is 15.0 Å². The van der Waals surface area contributed by atoms with Crippen LogP contribution in [0.25, 0.3) is 11.4 Å². The van der Waals surface area contributed by atoms with Crippen molar-refractivity contribution in [3.8, 4) is 11.4 Å². The van der Waals surface area contributed by atoms with E-state index in [-0.39, 0.29) is 16.7 Å². The van der Waals surface area contributed by atoms with Crippen molar-refractivity contribution in [1.29, 1.82) is 0 Å². The molecule has 2 aromatic carbocycles. The number of nitrogens with zero attached hydrogens (tertiary/aromatic N) is 3. The Kier molecular flexibility index (Phi) is 6.43. The zero-order valence-electron chi connectivity index (χ0n) is 16.8. The lowest BCUT2D eigenvalue weighted by molar-refractivity contribution is 0.595. The topological polar surface area (TPSA) is 96.9 Å². The maximum Gasteiger partial charge on any atom is 0.232 e. The highest BCUT2D eigenvalue weighted by atomic mass is 32.2. The highest BCUT2D eigenvalue weighted by Crippen LogP contribution is 2.22. The van der Waals surface area contributed by atoms with Crippen LogP contribution in [0.4, 0.5) is 17.6 Å². The van der Waals surface area contributed by atoms with Gasteiger partial charge in [0.1, 0.15) is 0 Å². The molecular weight excluding hydrogens is 386 g/mol. The van der Waals surface area contributed by atoms with Gasteiger partial charge in [0.25, 0.3) is 0 Å². The number of anilines is 3. The number of hydrogen-bond acceptors (Lipinski definition) is 7. The Morgan fingerprint density at radius 2 is 1.66 bits per heavy atom. The molecular formula is C21H25N5O2S. The van der Waals surface area contributed by atoms with Crippen LogP contribution in [0.2, 0.25) is 0 Å². The smallest absolute Gasteiger partial charge is 0.232 e. The molecule has 0 atom stereocenters. The van der Waals surface area contributed by atoms with Gasteiger partial charge >= 0.3 is 0 Å². The van der Waals surface area contributed by atoms with E-state index in [2.05, 4.69) is 25.6 Å². The zero-order chi connectivity index (χ0) is 20.9. The van der Waals surface area contributed by atoms with Crippen LogP contribution in [0.5, 0.6) is 0 Å². The molecule has 2 N–H and O–H groups in total. The minimum Gasteiger partial charge on any atom is -0.352 e. The van der Waals surface area contributed by atoms with Gasteiger partial charge < -0.3 is 10.6 Å². The van der Waals surface area contributed by atoms with Gasteiger partial charge in [0.05, 0.1) is 10.6 Å². The van der Waals surface area contributed by atoms with Crippen LogP contribution in [0.3, 0.4) is 0 Å². The lowest BCUT2D eigenvalue weighted by Gasteiger charge is -2.13. The quantitative estimate of drug-likeness (QED) is 0.571. The van der Waals surface area contributed by atoms with Crippen LogP contribution in [0.15, 0.2) is 59.5 Å². The third-order valence-corrected chi connectivity index (χ3v) is 5.93. The molecule has 29 heavy (non-hydrogen) atoms. The minimum absolute atomic E-state index is 0.114. The van der Waals surface area contributed by atoms with Crippen LogP contribution in [0, 0.1) is 0 Å². The van der Waals surface area contributed by atoms with Gasteiger partial charge in [-0.1, -0.05) is 43.3 Å². The molecule has 0 saturated heterocycles. The normalized spacial score (nSPS) is 11.4. The second kappa shape index (κ2) is 9.00. The molecule has 0 spiro atoms. The zero-order valence-corrected chi connectivity index (χ0v) is 17.6. The second-order valence-corrected chi connectivity index (χ2v) is 9.05. The average molecular weight is 412 g/mol. The van der Waals surface area contributed by atoms with Crippen LogP contribution >= 0.6 is 0 Å². The molecule has 7 nitrogen and oxygen atoms in total. The van der Waals surface area contributed by atoms with Crippen LogP contribution in [-0.4, -0.2) is 35.2 Å². The fourth-order valence-corrected chi connectivity index (χ4v) is 4.12. The summed E-state index contributed by atoms with van der Waals surface area (Å²) in [6.45, 7) is 5.85.